The van der Waals surface area contributed by atoms with E-state index >= 15 is 0 Å². The molecule has 81 heavy (non-hydrogen) atoms. The Morgan fingerprint density at radius 2 is 1.05 bits per heavy atom. The molecule has 0 spiro atoms. The monoisotopic (exact) mass is 1160 g/mol. The van der Waals surface area contributed by atoms with Crippen molar-refractivity contribution in [3.63, 3.8) is 0 Å². The summed E-state index contributed by atoms with van der Waals surface area (Å²) in [6.07, 6.45) is -6.27. The van der Waals surface area contributed by atoms with Gasteiger partial charge in [-0.3, -0.25) is 24.1 Å². The average Bonchev–Trinajstić information content (AvgIpc) is 4.35. The van der Waals surface area contributed by atoms with Crippen LogP contribution in [0, 0.1) is 0 Å². The summed E-state index contributed by atoms with van der Waals surface area (Å²) in [5.74, 6) is -1.83. The molecule has 0 aliphatic carbocycles. The van der Waals surface area contributed by atoms with E-state index in [0.29, 0.717) is 72.5 Å². The molecule has 432 valence electrons. The number of carbonyl (C=O) groups is 5. The van der Waals surface area contributed by atoms with Crippen LogP contribution >= 0.6 is 22.7 Å². The largest absolute Gasteiger partial charge is 0.481 e. The van der Waals surface area contributed by atoms with Gasteiger partial charge in [0.2, 0.25) is 11.8 Å². The molecule has 0 radical (unpaired) electrons. The van der Waals surface area contributed by atoms with Gasteiger partial charge in [-0.25, -0.2) is 4.79 Å². The summed E-state index contributed by atoms with van der Waals surface area (Å²) in [6, 6.07) is 32.1. The minimum Gasteiger partial charge on any atom is -0.481 e. The molecular weight excluding hydrogens is 1090 g/mol. The Morgan fingerprint density at radius 1 is 0.593 bits per heavy atom. The fourth-order valence-corrected chi connectivity index (χ4v) is 11.5. The third-order valence-corrected chi connectivity index (χ3v) is 15.5. The SMILES string of the molecule is CC(C)(C)OC(=O)CCN(CC(=O)N1CCc2cc(CCc3cc(-c4ccccc4)c(C(F)(F)F)s3)ccc21)C(=O)OC(C)(C)C.O=C(O)CCNCC(=O)N1CCc2cc(CCc3cc(-c4ccccc4)c(C(F)(F)F)s3)ccc21. The Bertz CT molecular complexity index is 3180. The number of halogens is 6. The molecule has 0 fully saturated rings. The fraction of sp³-hybridized carbons (Fsp3) is 0.393. The van der Waals surface area contributed by atoms with Gasteiger partial charge < -0.3 is 29.7 Å². The summed E-state index contributed by atoms with van der Waals surface area (Å²) in [7, 11) is 0. The Morgan fingerprint density at radius 3 is 1.48 bits per heavy atom. The molecule has 0 atom stereocenters. The minimum absolute atomic E-state index is 0.0417. The van der Waals surface area contributed by atoms with Crippen molar-refractivity contribution in [3.8, 4) is 22.3 Å². The maximum absolute atomic E-state index is 13.8. The van der Waals surface area contributed by atoms with Crippen LogP contribution in [0.25, 0.3) is 22.3 Å². The maximum atomic E-state index is 13.8. The third kappa shape index (κ3) is 17.5. The molecule has 4 aromatic carbocycles. The number of nitrogens with zero attached hydrogens (tertiary/aromatic N) is 3. The first-order valence-electron chi connectivity index (χ1n) is 26.6. The topological polar surface area (TPSA) is 146 Å². The van der Waals surface area contributed by atoms with Crippen molar-refractivity contribution < 1.29 is 64.9 Å². The van der Waals surface area contributed by atoms with Gasteiger partial charge in [0.25, 0.3) is 0 Å². The number of hydrogen-bond acceptors (Lipinski definition) is 10. The first-order valence-corrected chi connectivity index (χ1v) is 28.2. The van der Waals surface area contributed by atoms with Gasteiger partial charge in [0.15, 0.2) is 0 Å². The Balaban J connectivity index is 0.000000242. The van der Waals surface area contributed by atoms with Crippen LogP contribution in [-0.2, 0) is 79.5 Å². The highest BCUT2D eigenvalue weighted by atomic mass is 32.1. The second-order valence-electron chi connectivity index (χ2n) is 21.7. The van der Waals surface area contributed by atoms with Crippen LogP contribution in [0.5, 0.6) is 0 Å². The summed E-state index contributed by atoms with van der Waals surface area (Å²) in [4.78, 5) is 66.5. The number of alkyl halides is 6. The van der Waals surface area contributed by atoms with Crippen LogP contribution in [0.4, 0.5) is 42.5 Å². The van der Waals surface area contributed by atoms with Gasteiger partial charge in [0.1, 0.15) is 27.5 Å². The lowest BCUT2D eigenvalue weighted by Gasteiger charge is -2.29. The second kappa shape index (κ2) is 26.3. The third-order valence-electron chi connectivity index (χ3n) is 13.0. The number of carboxylic acids is 1. The highest BCUT2D eigenvalue weighted by Gasteiger charge is 2.38. The Hall–Kier alpha value is -7.03. The first-order chi connectivity index (χ1) is 38.1. The van der Waals surface area contributed by atoms with E-state index in [4.69, 9.17) is 14.6 Å². The molecule has 6 aromatic rings. The predicted octanol–water partition coefficient (Wildman–Crippen LogP) is 13.2. The molecule has 0 saturated carbocycles. The lowest BCUT2D eigenvalue weighted by molar-refractivity contribution is -0.155. The summed E-state index contributed by atoms with van der Waals surface area (Å²) in [6.45, 7) is 11.4. The molecule has 0 unspecified atom stereocenters. The Kier molecular flexibility index (Phi) is 20.0. The second-order valence-corrected chi connectivity index (χ2v) is 24.0. The van der Waals surface area contributed by atoms with Crippen molar-refractivity contribution in [1.29, 1.82) is 0 Å². The van der Waals surface area contributed by atoms with Crippen molar-refractivity contribution in [2.75, 3.05) is 49.1 Å². The number of esters is 1. The van der Waals surface area contributed by atoms with Gasteiger partial charge in [-0.1, -0.05) is 84.9 Å². The van der Waals surface area contributed by atoms with Crippen LogP contribution in [0.1, 0.15) is 96.1 Å². The molecular formula is C61H66F6N4O8S2. The van der Waals surface area contributed by atoms with Gasteiger partial charge in [-0.15, -0.1) is 22.7 Å². The standard InChI is InChI=1S/C35H41F3N2O5S.C26H25F3N2O3S/c1-33(2,3)44-30(42)17-18-39(32(43)45-34(4,5)6)22-29(41)40-19-16-25-20-23(13-15-28(25)40)12-14-26-21-27(24-10-8-7-9-11-24)31(46-26)35(36,37)38;27-26(28,29)25-21(18-4-2-1-3-5-18)15-20(35-25)8-6-17-7-9-22-19(14-17)11-13-31(22)23(32)16-30-12-10-24(33)34/h7-11,13,15,20-21H,12,14,16-19,22H2,1-6H3;1-5,7,9,14-15,30H,6,8,10-13,16H2,(H,33,34). The predicted molar refractivity (Wildman–Crippen MR) is 303 cm³/mol. The highest BCUT2D eigenvalue weighted by molar-refractivity contribution is 7.13. The maximum Gasteiger partial charge on any atom is 0.426 e. The normalized spacial score (nSPS) is 13.3. The van der Waals surface area contributed by atoms with E-state index in [0.717, 1.165) is 56.3 Å². The summed E-state index contributed by atoms with van der Waals surface area (Å²) in [5, 5.41) is 11.5. The molecule has 12 nitrogen and oxygen atoms in total. The number of benzene rings is 4. The average molecular weight is 1160 g/mol. The number of nitrogens with one attached hydrogen (secondary N) is 1. The van der Waals surface area contributed by atoms with E-state index in [9.17, 15) is 50.3 Å². The molecule has 2 N–H and O–H groups in total. The fourth-order valence-electron chi connectivity index (χ4n) is 9.41. The van der Waals surface area contributed by atoms with Crippen LogP contribution in [0.15, 0.2) is 109 Å². The molecule has 4 heterocycles. The molecule has 20 heteroatoms. The smallest absolute Gasteiger partial charge is 0.426 e. The zero-order valence-corrected chi connectivity index (χ0v) is 47.7. The van der Waals surface area contributed by atoms with Crippen molar-refractivity contribution >= 4 is 63.9 Å². The minimum atomic E-state index is -4.44. The van der Waals surface area contributed by atoms with Crippen molar-refractivity contribution in [1.82, 2.24) is 10.2 Å². The van der Waals surface area contributed by atoms with Crippen LogP contribution < -0.4 is 15.1 Å². The summed E-state index contributed by atoms with van der Waals surface area (Å²) >= 11 is 1.58. The number of carbonyl (C=O) groups excluding carboxylic acids is 4. The number of amides is 3. The van der Waals surface area contributed by atoms with Gasteiger partial charge >= 0.3 is 30.4 Å². The lowest BCUT2D eigenvalue weighted by Crippen LogP contribution is -2.45. The number of thiophene rings is 2. The number of rotatable bonds is 18. The Labute approximate surface area is 475 Å². The van der Waals surface area contributed by atoms with Crippen molar-refractivity contribution in [2.24, 2.45) is 0 Å². The number of anilines is 2. The van der Waals surface area contributed by atoms with E-state index in [-0.39, 0.29) is 62.0 Å². The molecule has 3 amide bonds. The number of ether oxygens (including phenoxy) is 2. The number of aryl methyl sites for hydroxylation is 4. The zero-order valence-electron chi connectivity index (χ0n) is 46.0. The molecule has 2 aromatic heterocycles. The van der Waals surface area contributed by atoms with Crippen molar-refractivity contribution in [2.45, 2.75) is 116 Å². The van der Waals surface area contributed by atoms with Crippen LogP contribution in [0.2, 0.25) is 0 Å². The molecule has 8 rings (SSSR count). The van der Waals surface area contributed by atoms with Gasteiger partial charge in [0.05, 0.1) is 19.4 Å². The number of fused-ring (bicyclic) bond motifs is 2. The van der Waals surface area contributed by atoms with E-state index in [2.05, 4.69) is 5.32 Å². The van der Waals surface area contributed by atoms with Gasteiger partial charge in [0, 0.05) is 58.4 Å². The zero-order chi connectivity index (χ0) is 58.9. The van der Waals surface area contributed by atoms with Crippen LogP contribution in [0.3, 0.4) is 0 Å². The summed E-state index contributed by atoms with van der Waals surface area (Å²) < 4.78 is 93.3. The molecule has 0 saturated heterocycles. The quantitative estimate of drug-likeness (QED) is 0.0488. The summed E-state index contributed by atoms with van der Waals surface area (Å²) in [5.41, 5.74) is 5.57. The number of aliphatic carboxylic acids is 1. The van der Waals surface area contributed by atoms with Crippen LogP contribution in [-0.4, -0.2) is 90.3 Å². The van der Waals surface area contributed by atoms with E-state index in [1.807, 2.05) is 36.4 Å². The molecule has 0 bridgehead atoms. The molecule has 2 aliphatic heterocycles. The van der Waals surface area contributed by atoms with Crippen molar-refractivity contribution in [3.05, 3.63) is 151 Å². The number of carboxylic acid groups (broad SMARTS) is 1. The molecule has 2 aliphatic rings. The van der Waals surface area contributed by atoms with E-state index in [1.54, 1.807) is 124 Å². The first kappa shape index (κ1) is 61.6. The highest BCUT2D eigenvalue weighted by Crippen LogP contribution is 2.45. The van der Waals surface area contributed by atoms with E-state index in [1.165, 1.54) is 4.90 Å². The van der Waals surface area contributed by atoms with Gasteiger partial charge in [-0.2, -0.15) is 26.3 Å². The van der Waals surface area contributed by atoms with E-state index < -0.39 is 51.3 Å². The lowest BCUT2D eigenvalue weighted by atomic mass is 10.0. The number of hydrogen-bond donors (Lipinski definition) is 2. The van der Waals surface area contributed by atoms with Gasteiger partial charge in [-0.05, 0) is 138 Å².